The van der Waals surface area contributed by atoms with Crippen LogP contribution in [-0.4, -0.2) is 24.4 Å². The van der Waals surface area contributed by atoms with Crippen LogP contribution in [0.3, 0.4) is 0 Å². The average molecular weight is 376 g/mol. The number of hydrogen-bond acceptors (Lipinski definition) is 5. The predicted octanol–water partition coefficient (Wildman–Crippen LogP) is 2.68. The number of ketones is 1. The van der Waals surface area contributed by atoms with Gasteiger partial charge in [-0.05, 0) is 47.0 Å². The van der Waals surface area contributed by atoms with Crippen LogP contribution in [0.15, 0.2) is 51.7 Å². The molecule has 0 atom stereocenters. The minimum Gasteiger partial charge on any atom is -0.407 e. The molecule has 0 unspecified atom stereocenters. The molecule has 0 saturated carbocycles. The summed E-state index contributed by atoms with van der Waals surface area (Å²) in [6, 6.07) is 9.81. The first kappa shape index (κ1) is 15.9. The summed E-state index contributed by atoms with van der Waals surface area (Å²) in [5.74, 6) is -1.25. The van der Waals surface area contributed by atoms with Crippen molar-refractivity contribution in [1.82, 2.24) is 3.97 Å². The fraction of sp³-hybridized carbons (Fsp3) is 0.0588. The number of oxazole rings is 1. The number of halogens is 1. The molecule has 4 rings (SSSR count). The summed E-state index contributed by atoms with van der Waals surface area (Å²) in [5, 5.41) is 0.560. The Kier molecular flexibility index (Phi) is 3.28. The van der Waals surface area contributed by atoms with Crippen LogP contribution in [0.2, 0.25) is 5.02 Å². The van der Waals surface area contributed by atoms with E-state index in [-0.39, 0.29) is 16.9 Å². The number of fused-ring (bicyclic) bond motifs is 2. The Morgan fingerprint density at radius 1 is 1.04 bits per heavy atom. The van der Waals surface area contributed by atoms with Gasteiger partial charge in [0.15, 0.2) is 11.4 Å². The highest BCUT2D eigenvalue weighted by Crippen LogP contribution is 2.35. The summed E-state index contributed by atoms with van der Waals surface area (Å²) in [4.78, 5) is 24.2. The molecule has 0 saturated heterocycles. The van der Waals surface area contributed by atoms with Crippen molar-refractivity contribution in [2.75, 3.05) is 6.26 Å². The van der Waals surface area contributed by atoms with Crippen molar-refractivity contribution in [1.29, 1.82) is 0 Å². The molecular formula is C17H10ClNO5S. The van der Waals surface area contributed by atoms with Gasteiger partial charge in [-0.1, -0.05) is 23.7 Å². The Bertz CT molecular complexity index is 1250. The molecule has 0 bridgehead atoms. The van der Waals surface area contributed by atoms with Crippen LogP contribution in [0.5, 0.6) is 0 Å². The van der Waals surface area contributed by atoms with E-state index < -0.39 is 15.8 Å². The molecule has 126 valence electrons. The highest BCUT2D eigenvalue weighted by molar-refractivity contribution is 7.89. The quantitative estimate of drug-likeness (QED) is 0.687. The summed E-state index contributed by atoms with van der Waals surface area (Å²) in [6.45, 7) is 0. The molecule has 0 aliphatic heterocycles. The van der Waals surface area contributed by atoms with Crippen molar-refractivity contribution in [3.05, 3.63) is 74.7 Å². The summed E-state index contributed by atoms with van der Waals surface area (Å²) in [5.41, 5.74) is 2.43. The van der Waals surface area contributed by atoms with E-state index in [9.17, 15) is 18.0 Å². The third-order valence-corrected chi connectivity index (χ3v) is 5.26. The standard InChI is InChI=1S/C17H10ClNO5S/c1-25(22,23)19-14-6-12-11(9-2-4-10(18)5-3-9)7-15(20)13(12)8-16(14)24-17(19)21/h2-8H,1H3. The molecule has 0 fully saturated rings. The predicted molar refractivity (Wildman–Crippen MR) is 93.6 cm³/mol. The molecule has 1 aromatic heterocycles. The van der Waals surface area contributed by atoms with E-state index in [1.807, 2.05) is 0 Å². The Hall–Kier alpha value is -2.64. The van der Waals surface area contributed by atoms with Crippen molar-refractivity contribution in [2.24, 2.45) is 0 Å². The van der Waals surface area contributed by atoms with Crippen molar-refractivity contribution in [2.45, 2.75) is 0 Å². The zero-order valence-electron chi connectivity index (χ0n) is 12.8. The van der Waals surface area contributed by atoms with Crippen LogP contribution >= 0.6 is 11.6 Å². The molecule has 0 amide bonds. The largest absolute Gasteiger partial charge is 0.434 e. The summed E-state index contributed by atoms with van der Waals surface area (Å²) < 4.78 is 29.4. The Morgan fingerprint density at radius 3 is 2.36 bits per heavy atom. The number of allylic oxidation sites excluding steroid dienone is 1. The molecule has 25 heavy (non-hydrogen) atoms. The summed E-state index contributed by atoms with van der Waals surface area (Å²) >= 11 is 5.90. The Morgan fingerprint density at radius 2 is 1.72 bits per heavy atom. The van der Waals surface area contributed by atoms with E-state index in [0.29, 0.717) is 25.7 Å². The summed E-state index contributed by atoms with van der Waals surface area (Å²) in [6.07, 6.45) is 2.38. The van der Waals surface area contributed by atoms with Gasteiger partial charge in [0, 0.05) is 10.6 Å². The van der Waals surface area contributed by atoms with Crippen LogP contribution in [0.25, 0.3) is 16.7 Å². The van der Waals surface area contributed by atoms with Gasteiger partial charge in [-0.25, -0.2) is 13.2 Å². The van der Waals surface area contributed by atoms with Crippen molar-refractivity contribution in [3.8, 4) is 0 Å². The molecular weight excluding hydrogens is 366 g/mol. The number of carbonyl (C=O) groups excluding carboxylic acids is 1. The first-order valence-electron chi connectivity index (χ1n) is 7.18. The van der Waals surface area contributed by atoms with Gasteiger partial charge in [-0.3, -0.25) is 4.79 Å². The lowest BCUT2D eigenvalue weighted by Gasteiger charge is -2.06. The van der Waals surface area contributed by atoms with Crippen molar-refractivity contribution >= 4 is 44.1 Å². The van der Waals surface area contributed by atoms with Crippen LogP contribution in [0.1, 0.15) is 21.5 Å². The fourth-order valence-corrected chi connectivity index (χ4v) is 3.87. The molecule has 6 nitrogen and oxygen atoms in total. The Labute approximate surface area is 147 Å². The van der Waals surface area contributed by atoms with Crippen molar-refractivity contribution in [3.63, 3.8) is 0 Å². The number of benzene rings is 2. The second kappa shape index (κ2) is 5.18. The lowest BCUT2D eigenvalue weighted by Crippen LogP contribution is -2.21. The molecule has 0 spiro atoms. The van der Waals surface area contributed by atoms with E-state index in [1.165, 1.54) is 18.2 Å². The SMILES string of the molecule is CS(=O)(=O)n1c(=O)oc2cc3c(cc21)C(c1ccc(Cl)cc1)=CC3=O. The monoisotopic (exact) mass is 375 g/mol. The van der Waals surface area contributed by atoms with E-state index >= 15 is 0 Å². The number of nitrogens with zero attached hydrogens (tertiary/aromatic N) is 1. The molecule has 0 radical (unpaired) electrons. The van der Waals surface area contributed by atoms with Gasteiger partial charge in [0.1, 0.15) is 5.52 Å². The second-order valence-electron chi connectivity index (χ2n) is 5.69. The average Bonchev–Trinajstić information content (AvgIpc) is 3.02. The number of aromatic nitrogens is 1. The minimum absolute atomic E-state index is 0.0493. The zero-order valence-corrected chi connectivity index (χ0v) is 14.4. The fourth-order valence-electron chi connectivity index (χ4n) is 2.94. The van der Waals surface area contributed by atoms with Gasteiger partial charge in [-0.15, -0.1) is 0 Å². The number of rotatable bonds is 2. The van der Waals surface area contributed by atoms with Gasteiger partial charge in [-0.2, -0.15) is 3.97 Å². The molecule has 1 heterocycles. The molecule has 1 aliphatic rings. The van der Waals surface area contributed by atoms with Crippen LogP contribution in [0.4, 0.5) is 0 Å². The lowest BCUT2D eigenvalue weighted by molar-refractivity contribution is 0.105. The Balaban J connectivity index is 2.02. The van der Waals surface area contributed by atoms with Crippen LogP contribution in [0, 0.1) is 0 Å². The molecule has 2 aromatic carbocycles. The second-order valence-corrected chi connectivity index (χ2v) is 7.96. The highest BCUT2D eigenvalue weighted by Gasteiger charge is 2.27. The van der Waals surface area contributed by atoms with E-state index in [4.69, 9.17) is 16.0 Å². The van der Waals surface area contributed by atoms with E-state index in [0.717, 1.165) is 11.8 Å². The van der Waals surface area contributed by atoms with Gasteiger partial charge < -0.3 is 4.42 Å². The molecule has 0 N–H and O–H groups in total. The maximum absolute atomic E-state index is 12.3. The first-order valence-corrected chi connectivity index (χ1v) is 9.41. The zero-order chi connectivity index (χ0) is 17.9. The van der Waals surface area contributed by atoms with Crippen LogP contribution in [-0.2, 0) is 10.0 Å². The van der Waals surface area contributed by atoms with E-state index in [2.05, 4.69) is 0 Å². The third-order valence-electron chi connectivity index (χ3n) is 4.00. The molecule has 3 aromatic rings. The number of carbonyl (C=O) groups is 1. The third kappa shape index (κ3) is 2.43. The molecule has 8 heteroatoms. The van der Waals surface area contributed by atoms with Crippen molar-refractivity contribution < 1.29 is 17.6 Å². The van der Waals surface area contributed by atoms with Gasteiger partial charge in [0.25, 0.3) is 0 Å². The molecule has 1 aliphatic carbocycles. The van der Waals surface area contributed by atoms with Crippen LogP contribution < -0.4 is 5.76 Å². The van der Waals surface area contributed by atoms with Gasteiger partial charge in [0.05, 0.1) is 6.26 Å². The highest BCUT2D eigenvalue weighted by atomic mass is 35.5. The lowest BCUT2D eigenvalue weighted by atomic mass is 9.99. The minimum atomic E-state index is -3.85. The smallest absolute Gasteiger partial charge is 0.407 e. The summed E-state index contributed by atoms with van der Waals surface area (Å²) in [7, 11) is -3.85. The maximum atomic E-state index is 12.3. The van der Waals surface area contributed by atoms with E-state index in [1.54, 1.807) is 24.3 Å². The maximum Gasteiger partial charge on any atom is 0.434 e. The van der Waals surface area contributed by atoms with Gasteiger partial charge >= 0.3 is 5.76 Å². The topological polar surface area (TPSA) is 86.3 Å². The first-order chi connectivity index (χ1) is 11.8. The van der Waals surface area contributed by atoms with Gasteiger partial charge in [0.2, 0.25) is 10.0 Å². The normalized spacial score (nSPS) is 14.0. The number of hydrogen-bond donors (Lipinski definition) is 0.